The van der Waals surface area contributed by atoms with Crippen LogP contribution in [0.3, 0.4) is 0 Å². The van der Waals surface area contributed by atoms with Gasteiger partial charge in [-0.2, -0.15) is 0 Å². The Labute approximate surface area is 117 Å². The molecule has 0 saturated carbocycles. The molecule has 1 aliphatic carbocycles. The molecule has 0 spiro atoms. The molecule has 0 fully saturated rings. The van der Waals surface area contributed by atoms with Gasteiger partial charge in [-0.1, -0.05) is 18.2 Å². The van der Waals surface area contributed by atoms with Crippen LogP contribution in [0.15, 0.2) is 36.7 Å². The highest BCUT2D eigenvalue weighted by molar-refractivity contribution is 5.77. The van der Waals surface area contributed by atoms with Crippen molar-refractivity contribution in [3.63, 3.8) is 0 Å². The Morgan fingerprint density at radius 1 is 1.30 bits per heavy atom. The van der Waals surface area contributed by atoms with Crippen LogP contribution in [-0.2, 0) is 12.8 Å². The molecular weight excluding hydrogens is 253 g/mol. The molecule has 4 heteroatoms. The maximum Gasteiger partial charge on any atom is 0.137 e. The second-order valence-electron chi connectivity index (χ2n) is 4.94. The lowest BCUT2D eigenvalue weighted by Crippen LogP contribution is -2.09. The fraction of sp³-hybridized carbons (Fsp3) is 0.250. The number of anilines is 1. The van der Waals surface area contributed by atoms with Gasteiger partial charge in [0.25, 0.3) is 0 Å². The molecule has 1 aliphatic rings. The van der Waals surface area contributed by atoms with Gasteiger partial charge in [0.2, 0.25) is 0 Å². The average Bonchev–Trinajstić information content (AvgIpc) is 2.82. The van der Waals surface area contributed by atoms with Gasteiger partial charge in [0.05, 0.1) is 5.69 Å². The van der Waals surface area contributed by atoms with E-state index in [9.17, 15) is 4.39 Å². The van der Waals surface area contributed by atoms with E-state index in [4.69, 9.17) is 0 Å². The molecule has 1 N–H and O–H groups in total. The molecule has 0 bridgehead atoms. The summed E-state index contributed by atoms with van der Waals surface area (Å²) in [4.78, 5) is 8.61. The van der Waals surface area contributed by atoms with E-state index in [0.29, 0.717) is 0 Å². The minimum Gasteiger partial charge on any atom is -0.369 e. The first-order chi connectivity index (χ1) is 9.74. The number of benzene rings is 1. The van der Waals surface area contributed by atoms with Gasteiger partial charge in [0, 0.05) is 18.5 Å². The summed E-state index contributed by atoms with van der Waals surface area (Å²) in [5, 5.41) is 3.33. The number of rotatable bonds is 4. The number of nitrogens with one attached hydrogen (secondary N) is 1. The number of halogens is 1. The molecule has 0 aliphatic heterocycles. The first-order valence-electron chi connectivity index (χ1n) is 6.73. The van der Waals surface area contributed by atoms with Gasteiger partial charge in [-0.05, 0) is 36.6 Å². The number of nitrogens with zero attached hydrogens (tertiary/aromatic N) is 2. The highest BCUT2D eigenvalue weighted by Gasteiger charge is 2.16. The van der Waals surface area contributed by atoms with E-state index in [0.717, 1.165) is 42.0 Å². The maximum absolute atomic E-state index is 13.1. The molecule has 3 rings (SSSR count). The minimum atomic E-state index is -0.191. The highest BCUT2D eigenvalue weighted by Crippen LogP contribution is 2.30. The normalized spacial score (nSPS) is 13.0. The van der Waals surface area contributed by atoms with E-state index in [1.165, 1.54) is 11.6 Å². The summed E-state index contributed by atoms with van der Waals surface area (Å²) >= 11 is 0. The van der Waals surface area contributed by atoms with Crippen molar-refractivity contribution < 1.29 is 4.39 Å². The summed E-state index contributed by atoms with van der Waals surface area (Å²) in [5.41, 5.74) is 4.39. The van der Waals surface area contributed by atoms with Gasteiger partial charge in [0.1, 0.15) is 18.0 Å². The standard InChI is InChI=1S/C16H16FN3/c1-11-5-6-14-15(11)16(20-10-19-14)18-8-7-12-3-2-4-13(17)9-12/h2-5,9-10H,6-8H2,1H3,(H,18,19,20). The van der Waals surface area contributed by atoms with E-state index in [1.807, 2.05) is 6.07 Å². The van der Waals surface area contributed by atoms with Crippen LogP contribution in [0.1, 0.15) is 23.7 Å². The van der Waals surface area contributed by atoms with Crippen LogP contribution in [0.5, 0.6) is 0 Å². The van der Waals surface area contributed by atoms with Gasteiger partial charge >= 0.3 is 0 Å². The van der Waals surface area contributed by atoms with Gasteiger partial charge in [-0.15, -0.1) is 0 Å². The largest absolute Gasteiger partial charge is 0.369 e. The Hall–Kier alpha value is -2.23. The van der Waals surface area contributed by atoms with Crippen molar-refractivity contribution in [2.24, 2.45) is 0 Å². The van der Waals surface area contributed by atoms with Crippen molar-refractivity contribution in [3.05, 3.63) is 59.3 Å². The van der Waals surface area contributed by atoms with Crippen molar-refractivity contribution in [3.8, 4) is 0 Å². The van der Waals surface area contributed by atoms with Crippen molar-refractivity contribution in [1.82, 2.24) is 9.97 Å². The first-order valence-corrected chi connectivity index (χ1v) is 6.73. The van der Waals surface area contributed by atoms with Crippen molar-refractivity contribution in [2.75, 3.05) is 11.9 Å². The molecule has 0 atom stereocenters. The molecule has 1 heterocycles. The zero-order chi connectivity index (χ0) is 13.9. The second-order valence-corrected chi connectivity index (χ2v) is 4.94. The molecule has 1 aromatic heterocycles. The summed E-state index contributed by atoms with van der Waals surface area (Å²) in [6.07, 6.45) is 5.40. The number of fused-ring (bicyclic) bond motifs is 1. The van der Waals surface area contributed by atoms with Crippen LogP contribution in [-0.4, -0.2) is 16.5 Å². The van der Waals surface area contributed by atoms with Crippen LogP contribution >= 0.6 is 0 Å². The Morgan fingerprint density at radius 3 is 3.05 bits per heavy atom. The van der Waals surface area contributed by atoms with Gasteiger partial charge in [-0.3, -0.25) is 0 Å². The molecule has 2 aromatic rings. The third-order valence-electron chi connectivity index (χ3n) is 3.52. The third-order valence-corrected chi connectivity index (χ3v) is 3.52. The molecule has 0 saturated heterocycles. The average molecular weight is 269 g/mol. The van der Waals surface area contributed by atoms with E-state index in [1.54, 1.807) is 18.5 Å². The van der Waals surface area contributed by atoms with Gasteiger partial charge < -0.3 is 5.32 Å². The molecule has 1 aromatic carbocycles. The lowest BCUT2D eigenvalue weighted by atomic mass is 10.1. The molecule has 0 radical (unpaired) electrons. The minimum absolute atomic E-state index is 0.191. The van der Waals surface area contributed by atoms with Crippen LogP contribution in [0, 0.1) is 5.82 Å². The second kappa shape index (κ2) is 5.41. The number of aromatic nitrogens is 2. The monoisotopic (exact) mass is 269 g/mol. The Balaban J connectivity index is 1.68. The Bertz CT molecular complexity index is 665. The van der Waals surface area contributed by atoms with Crippen molar-refractivity contribution in [2.45, 2.75) is 19.8 Å². The topological polar surface area (TPSA) is 37.8 Å². The molecule has 102 valence electrons. The Morgan fingerprint density at radius 2 is 2.20 bits per heavy atom. The Kier molecular flexibility index (Phi) is 3.46. The van der Waals surface area contributed by atoms with Gasteiger partial charge in [0.15, 0.2) is 0 Å². The summed E-state index contributed by atoms with van der Waals surface area (Å²) in [6.45, 7) is 2.80. The zero-order valence-corrected chi connectivity index (χ0v) is 11.4. The summed E-state index contributed by atoms with van der Waals surface area (Å²) in [6, 6.07) is 6.69. The zero-order valence-electron chi connectivity index (χ0n) is 11.4. The van der Waals surface area contributed by atoms with E-state index in [2.05, 4.69) is 28.3 Å². The highest BCUT2D eigenvalue weighted by atomic mass is 19.1. The van der Waals surface area contributed by atoms with Crippen molar-refractivity contribution >= 4 is 11.4 Å². The van der Waals surface area contributed by atoms with Crippen LogP contribution in [0.25, 0.3) is 5.57 Å². The van der Waals surface area contributed by atoms with Crippen LogP contribution in [0.2, 0.25) is 0 Å². The lowest BCUT2D eigenvalue weighted by molar-refractivity contribution is 0.625. The van der Waals surface area contributed by atoms with E-state index in [-0.39, 0.29) is 5.82 Å². The fourth-order valence-corrected chi connectivity index (χ4v) is 2.49. The first kappa shape index (κ1) is 12.8. The fourth-order valence-electron chi connectivity index (χ4n) is 2.49. The molecule has 0 unspecified atom stereocenters. The summed E-state index contributed by atoms with van der Waals surface area (Å²) in [7, 11) is 0. The molecule has 3 nitrogen and oxygen atoms in total. The lowest BCUT2D eigenvalue weighted by Gasteiger charge is -2.10. The molecule has 0 amide bonds. The maximum atomic E-state index is 13.1. The molecule has 20 heavy (non-hydrogen) atoms. The van der Waals surface area contributed by atoms with Crippen LogP contribution in [0.4, 0.5) is 10.2 Å². The number of hydrogen-bond acceptors (Lipinski definition) is 3. The summed E-state index contributed by atoms with van der Waals surface area (Å²) in [5.74, 6) is 0.682. The van der Waals surface area contributed by atoms with Crippen LogP contribution < -0.4 is 5.32 Å². The quantitative estimate of drug-likeness (QED) is 0.926. The SMILES string of the molecule is CC1=CCc2ncnc(NCCc3cccc(F)c3)c21. The predicted octanol–water partition coefficient (Wildman–Crippen LogP) is 3.23. The van der Waals surface area contributed by atoms with E-state index < -0.39 is 0 Å². The van der Waals surface area contributed by atoms with Gasteiger partial charge in [-0.25, -0.2) is 14.4 Å². The van der Waals surface area contributed by atoms with Crippen molar-refractivity contribution in [1.29, 1.82) is 0 Å². The number of allylic oxidation sites excluding steroid dienone is 2. The van der Waals surface area contributed by atoms with E-state index >= 15 is 0 Å². The molecular formula is C16H16FN3. The predicted molar refractivity (Wildman–Crippen MR) is 78.0 cm³/mol. The number of hydrogen-bond donors (Lipinski definition) is 1. The third kappa shape index (κ3) is 2.54. The summed E-state index contributed by atoms with van der Waals surface area (Å²) < 4.78 is 13.1. The smallest absolute Gasteiger partial charge is 0.137 e.